The number of carbonyl (C=O) groups excluding carboxylic acids is 1. The molecule has 1 aliphatic heterocycles. The molecular weight excluding hydrogens is 368 g/mol. The lowest BCUT2D eigenvalue weighted by molar-refractivity contribution is -0.134. The Morgan fingerprint density at radius 3 is 2.41 bits per heavy atom. The fraction of sp³-hybridized carbons (Fsp3) is 0.316. The van der Waals surface area contributed by atoms with Crippen molar-refractivity contribution in [1.29, 1.82) is 0 Å². The second-order valence-corrected chi connectivity index (χ2v) is 8.26. The second kappa shape index (κ2) is 8.08. The van der Waals surface area contributed by atoms with E-state index in [1.165, 1.54) is 23.5 Å². The summed E-state index contributed by atoms with van der Waals surface area (Å²) < 4.78 is 32.7. The van der Waals surface area contributed by atoms with Crippen molar-refractivity contribution >= 4 is 15.9 Å². The number of rotatable bonds is 5. The van der Waals surface area contributed by atoms with Gasteiger partial charge >= 0.3 is 0 Å². The Bertz CT molecular complexity index is 884. The molecule has 7 nitrogen and oxygen atoms in total. The van der Waals surface area contributed by atoms with E-state index in [9.17, 15) is 18.4 Å². The lowest BCUT2D eigenvalue weighted by Crippen LogP contribution is -2.54. The van der Waals surface area contributed by atoms with Gasteiger partial charge in [0.1, 0.15) is 11.8 Å². The number of sulfonamides is 1. The predicted molar refractivity (Wildman–Crippen MR) is 99.0 cm³/mol. The van der Waals surface area contributed by atoms with Crippen molar-refractivity contribution < 1.29 is 23.2 Å². The van der Waals surface area contributed by atoms with Crippen molar-refractivity contribution in [1.82, 2.24) is 9.79 Å². The van der Waals surface area contributed by atoms with Crippen LogP contribution >= 0.6 is 0 Å². The van der Waals surface area contributed by atoms with Crippen LogP contribution in [0.15, 0.2) is 59.5 Å². The van der Waals surface area contributed by atoms with Gasteiger partial charge in [0.05, 0.1) is 12.0 Å². The maximum Gasteiger partial charge on any atom is 0.262 e. The van der Waals surface area contributed by atoms with Crippen molar-refractivity contribution in [3.63, 3.8) is 0 Å². The van der Waals surface area contributed by atoms with Crippen molar-refractivity contribution in [2.24, 2.45) is 0 Å². The van der Waals surface area contributed by atoms with Gasteiger partial charge in [-0.15, -0.1) is 0 Å². The number of nitrogens with one attached hydrogen (secondary N) is 1. The smallest absolute Gasteiger partial charge is 0.262 e. The molecule has 1 heterocycles. The number of methoxy groups -OCH3 is 1. The highest BCUT2D eigenvalue weighted by Crippen LogP contribution is 2.36. The van der Waals surface area contributed by atoms with Crippen LogP contribution in [0.4, 0.5) is 0 Å². The maximum absolute atomic E-state index is 13.2. The monoisotopic (exact) mass is 390 g/mol. The molecule has 2 N–H and O–H groups in total. The van der Waals surface area contributed by atoms with Gasteiger partial charge in [0.15, 0.2) is 0 Å². The normalized spacial score (nSPS) is 20.8. The average Bonchev–Trinajstić information content (AvgIpc) is 2.73. The number of nitrogens with zero attached hydrogens (tertiary/aromatic N) is 1. The molecule has 0 saturated carbocycles. The Labute approximate surface area is 158 Å². The van der Waals surface area contributed by atoms with Gasteiger partial charge in [0, 0.05) is 12.5 Å². The summed E-state index contributed by atoms with van der Waals surface area (Å²) in [6.45, 7) is 0.204. The number of hydrogen-bond acceptors (Lipinski definition) is 5. The van der Waals surface area contributed by atoms with Crippen molar-refractivity contribution in [3.8, 4) is 5.75 Å². The Balaban J connectivity index is 2.01. The molecule has 27 heavy (non-hydrogen) atoms. The van der Waals surface area contributed by atoms with Gasteiger partial charge in [-0.25, -0.2) is 13.9 Å². The molecule has 1 aliphatic rings. The molecule has 1 fully saturated rings. The Morgan fingerprint density at radius 1 is 1.15 bits per heavy atom. The summed E-state index contributed by atoms with van der Waals surface area (Å²) in [4.78, 5) is 12.5. The highest BCUT2D eigenvalue weighted by atomic mass is 32.2. The molecule has 3 rings (SSSR count). The molecule has 0 spiro atoms. The van der Waals surface area contributed by atoms with Gasteiger partial charge in [-0.2, -0.15) is 4.31 Å². The van der Waals surface area contributed by atoms with Gasteiger partial charge in [-0.05, 0) is 42.7 Å². The van der Waals surface area contributed by atoms with Crippen molar-refractivity contribution in [2.45, 2.75) is 29.7 Å². The molecule has 2 aromatic carbocycles. The average molecular weight is 390 g/mol. The van der Waals surface area contributed by atoms with E-state index in [0.717, 1.165) is 5.56 Å². The first-order chi connectivity index (χ1) is 13.0. The van der Waals surface area contributed by atoms with Crippen LogP contribution in [0, 0.1) is 0 Å². The van der Waals surface area contributed by atoms with E-state index in [4.69, 9.17) is 4.74 Å². The van der Waals surface area contributed by atoms with Gasteiger partial charge < -0.3 is 4.74 Å². The molecule has 2 aromatic rings. The second-order valence-electron chi connectivity index (χ2n) is 6.37. The molecule has 0 aliphatic carbocycles. The molecule has 0 radical (unpaired) electrons. The summed E-state index contributed by atoms with van der Waals surface area (Å²) in [5.41, 5.74) is 2.50. The summed E-state index contributed by atoms with van der Waals surface area (Å²) in [6, 6.07) is 14.3. The van der Waals surface area contributed by atoms with E-state index in [0.29, 0.717) is 18.6 Å². The number of ether oxygens (including phenoxy) is 1. The summed E-state index contributed by atoms with van der Waals surface area (Å²) in [7, 11) is -2.43. The van der Waals surface area contributed by atoms with Gasteiger partial charge in [0.2, 0.25) is 10.0 Å². The molecule has 2 atom stereocenters. The molecular formula is C19H22N2O5S. The summed E-state index contributed by atoms with van der Waals surface area (Å²) in [5.74, 6) is -0.542. The summed E-state index contributed by atoms with van der Waals surface area (Å²) in [6.07, 6.45) is 1.26. The van der Waals surface area contributed by atoms with Gasteiger partial charge in [-0.1, -0.05) is 30.3 Å². The van der Waals surface area contributed by atoms with Crippen LogP contribution in [-0.2, 0) is 14.8 Å². The number of hydroxylamine groups is 1. The van der Waals surface area contributed by atoms with E-state index >= 15 is 0 Å². The number of amides is 1. The van der Waals surface area contributed by atoms with Crippen LogP contribution in [0.5, 0.6) is 5.75 Å². The van der Waals surface area contributed by atoms with Crippen LogP contribution in [0.2, 0.25) is 0 Å². The van der Waals surface area contributed by atoms with Crippen molar-refractivity contribution in [2.75, 3.05) is 13.7 Å². The largest absolute Gasteiger partial charge is 0.497 e. The van der Waals surface area contributed by atoms with E-state index in [1.807, 2.05) is 30.3 Å². The highest BCUT2D eigenvalue weighted by molar-refractivity contribution is 7.89. The Morgan fingerprint density at radius 2 is 1.81 bits per heavy atom. The number of carbonyl (C=O) groups is 1. The first kappa shape index (κ1) is 19.3. The molecule has 8 heteroatoms. The summed E-state index contributed by atoms with van der Waals surface area (Å²) in [5, 5.41) is 9.24. The first-order valence-electron chi connectivity index (χ1n) is 8.64. The molecule has 0 bridgehead atoms. The van der Waals surface area contributed by atoms with E-state index in [1.54, 1.807) is 17.6 Å². The zero-order valence-corrected chi connectivity index (χ0v) is 15.7. The predicted octanol–water partition coefficient (Wildman–Crippen LogP) is 2.14. The number of hydrogen-bond donors (Lipinski definition) is 2. The molecule has 1 amide bonds. The van der Waals surface area contributed by atoms with E-state index in [2.05, 4.69) is 0 Å². The fourth-order valence-electron chi connectivity index (χ4n) is 3.55. The zero-order chi connectivity index (χ0) is 19.4. The lowest BCUT2D eigenvalue weighted by Gasteiger charge is -2.39. The van der Waals surface area contributed by atoms with Crippen LogP contribution in [0.25, 0.3) is 0 Å². The standard InChI is InChI=1S/C19H22N2O5S/c1-26-15-9-11-16(12-10-15)27(24,25)21-13-5-8-17(18(21)19(22)20-23)14-6-3-2-4-7-14/h2-4,6-7,9-12,17-18,23H,5,8,13H2,1H3,(H,20,22). The lowest BCUT2D eigenvalue weighted by atomic mass is 9.84. The molecule has 2 unspecified atom stereocenters. The van der Waals surface area contributed by atoms with Crippen LogP contribution < -0.4 is 10.2 Å². The van der Waals surface area contributed by atoms with E-state index < -0.39 is 22.0 Å². The minimum absolute atomic E-state index is 0.0766. The Hall–Kier alpha value is -2.42. The minimum atomic E-state index is -3.93. The maximum atomic E-state index is 13.2. The third-order valence-corrected chi connectivity index (χ3v) is 6.75. The number of piperidine rings is 1. The molecule has 144 valence electrons. The highest BCUT2D eigenvalue weighted by Gasteiger charge is 2.43. The third kappa shape index (κ3) is 3.83. The topological polar surface area (TPSA) is 95.9 Å². The molecule has 0 aromatic heterocycles. The van der Waals surface area contributed by atoms with E-state index in [-0.39, 0.29) is 17.4 Å². The first-order valence-corrected chi connectivity index (χ1v) is 10.1. The quantitative estimate of drug-likeness (QED) is 0.602. The van der Waals surface area contributed by atoms with Gasteiger partial charge in [0.25, 0.3) is 5.91 Å². The summed E-state index contributed by atoms with van der Waals surface area (Å²) >= 11 is 0. The minimum Gasteiger partial charge on any atom is -0.497 e. The molecule has 1 saturated heterocycles. The SMILES string of the molecule is COc1ccc(S(=O)(=O)N2CCCC(c3ccccc3)C2C(=O)NO)cc1. The van der Waals surface area contributed by atoms with Crippen LogP contribution in [-0.4, -0.2) is 43.5 Å². The van der Waals surface area contributed by atoms with Crippen LogP contribution in [0.1, 0.15) is 24.3 Å². The Kier molecular flexibility index (Phi) is 5.79. The van der Waals surface area contributed by atoms with Crippen LogP contribution in [0.3, 0.4) is 0 Å². The third-order valence-electron chi connectivity index (χ3n) is 4.86. The number of benzene rings is 2. The van der Waals surface area contributed by atoms with Crippen molar-refractivity contribution in [3.05, 3.63) is 60.2 Å². The fourth-order valence-corrected chi connectivity index (χ4v) is 5.21. The van der Waals surface area contributed by atoms with Gasteiger partial charge in [-0.3, -0.25) is 10.0 Å². The zero-order valence-electron chi connectivity index (χ0n) is 14.9.